The quantitative estimate of drug-likeness (QED) is 0.776. The minimum atomic E-state index is -0.0128. The molecular formula is C14H30N2O. The van der Waals surface area contributed by atoms with Gasteiger partial charge in [0.15, 0.2) is 0 Å². The Morgan fingerprint density at radius 2 is 1.94 bits per heavy atom. The van der Waals surface area contributed by atoms with Crippen molar-refractivity contribution in [3.8, 4) is 0 Å². The zero-order chi connectivity index (χ0) is 12.9. The first kappa shape index (κ1) is 14.9. The largest absolute Gasteiger partial charge is 0.379 e. The summed E-state index contributed by atoms with van der Waals surface area (Å²) < 4.78 is 5.48. The van der Waals surface area contributed by atoms with Gasteiger partial charge in [0.2, 0.25) is 0 Å². The smallest absolute Gasteiger partial charge is 0.0634 e. The van der Waals surface area contributed by atoms with Gasteiger partial charge in [0.05, 0.1) is 5.60 Å². The van der Waals surface area contributed by atoms with Crippen LogP contribution in [0.5, 0.6) is 0 Å². The highest BCUT2D eigenvalue weighted by Crippen LogP contribution is 2.27. The van der Waals surface area contributed by atoms with Gasteiger partial charge < -0.3 is 15.4 Å². The van der Waals surface area contributed by atoms with E-state index in [-0.39, 0.29) is 5.60 Å². The lowest BCUT2D eigenvalue weighted by Crippen LogP contribution is -2.44. The van der Waals surface area contributed by atoms with E-state index >= 15 is 0 Å². The van der Waals surface area contributed by atoms with Crippen molar-refractivity contribution in [1.82, 2.24) is 4.90 Å². The molecule has 1 fully saturated rings. The topological polar surface area (TPSA) is 38.5 Å². The van der Waals surface area contributed by atoms with Gasteiger partial charge in [-0.2, -0.15) is 0 Å². The molecule has 0 aromatic heterocycles. The second-order valence-electron chi connectivity index (χ2n) is 6.04. The molecule has 2 N–H and O–H groups in total. The van der Waals surface area contributed by atoms with Gasteiger partial charge in [-0.05, 0) is 52.6 Å². The third-order valence-corrected chi connectivity index (χ3v) is 4.36. The third-order valence-electron chi connectivity index (χ3n) is 4.36. The first-order valence-corrected chi connectivity index (χ1v) is 6.95. The Labute approximate surface area is 107 Å². The van der Waals surface area contributed by atoms with E-state index in [1.807, 2.05) is 0 Å². The van der Waals surface area contributed by atoms with Crippen molar-refractivity contribution >= 4 is 0 Å². The van der Waals surface area contributed by atoms with E-state index in [1.165, 1.54) is 25.7 Å². The van der Waals surface area contributed by atoms with E-state index in [9.17, 15) is 0 Å². The standard InChI is InChI=1S/C14H30N2O/c1-14(2,17-4)9-10-16(3)13-8-6-5-7-12(13)11-15/h12-13H,5-11,15H2,1-4H3. The second-order valence-corrected chi connectivity index (χ2v) is 6.04. The summed E-state index contributed by atoms with van der Waals surface area (Å²) in [6.45, 7) is 6.24. The Bertz CT molecular complexity index is 218. The first-order chi connectivity index (χ1) is 8.00. The molecule has 0 radical (unpaired) electrons. The molecular weight excluding hydrogens is 212 g/mol. The minimum absolute atomic E-state index is 0.0128. The van der Waals surface area contributed by atoms with Gasteiger partial charge >= 0.3 is 0 Å². The monoisotopic (exact) mass is 242 g/mol. The fraction of sp³-hybridized carbons (Fsp3) is 1.00. The maximum atomic E-state index is 5.89. The van der Waals surface area contributed by atoms with Gasteiger partial charge in [-0.25, -0.2) is 0 Å². The first-order valence-electron chi connectivity index (χ1n) is 6.95. The highest BCUT2D eigenvalue weighted by molar-refractivity contribution is 4.83. The number of hydrogen-bond acceptors (Lipinski definition) is 3. The Balaban J connectivity index is 2.42. The van der Waals surface area contributed by atoms with Crippen LogP contribution in [0.15, 0.2) is 0 Å². The van der Waals surface area contributed by atoms with Crippen molar-refractivity contribution in [3.63, 3.8) is 0 Å². The summed E-state index contributed by atoms with van der Waals surface area (Å²) in [5.41, 5.74) is 5.88. The molecule has 2 atom stereocenters. The molecule has 1 rings (SSSR count). The summed E-state index contributed by atoms with van der Waals surface area (Å²) in [7, 11) is 4.04. The highest BCUT2D eigenvalue weighted by atomic mass is 16.5. The minimum Gasteiger partial charge on any atom is -0.379 e. The van der Waals surface area contributed by atoms with Crippen LogP contribution in [-0.4, -0.2) is 43.8 Å². The van der Waals surface area contributed by atoms with E-state index in [1.54, 1.807) is 7.11 Å². The number of rotatable bonds is 6. The fourth-order valence-electron chi connectivity index (χ4n) is 2.76. The Morgan fingerprint density at radius 1 is 1.29 bits per heavy atom. The van der Waals surface area contributed by atoms with Crippen LogP contribution in [0, 0.1) is 5.92 Å². The van der Waals surface area contributed by atoms with Gasteiger partial charge in [0, 0.05) is 19.7 Å². The molecule has 102 valence electrons. The molecule has 0 aromatic carbocycles. The molecule has 17 heavy (non-hydrogen) atoms. The highest BCUT2D eigenvalue weighted by Gasteiger charge is 2.28. The summed E-state index contributed by atoms with van der Waals surface area (Å²) in [6.07, 6.45) is 6.41. The maximum Gasteiger partial charge on any atom is 0.0634 e. The Morgan fingerprint density at radius 3 is 2.53 bits per heavy atom. The molecule has 2 unspecified atom stereocenters. The molecule has 1 saturated carbocycles. The van der Waals surface area contributed by atoms with E-state index < -0.39 is 0 Å². The maximum absolute atomic E-state index is 5.89. The van der Waals surface area contributed by atoms with Crippen LogP contribution in [0.1, 0.15) is 46.0 Å². The van der Waals surface area contributed by atoms with Crippen LogP contribution in [0.4, 0.5) is 0 Å². The molecule has 0 bridgehead atoms. The molecule has 0 amide bonds. The molecule has 1 aliphatic carbocycles. The zero-order valence-electron chi connectivity index (χ0n) is 12.0. The fourth-order valence-corrected chi connectivity index (χ4v) is 2.76. The van der Waals surface area contributed by atoms with Crippen molar-refractivity contribution in [3.05, 3.63) is 0 Å². The Kier molecular flexibility index (Phi) is 5.90. The zero-order valence-corrected chi connectivity index (χ0v) is 12.0. The van der Waals surface area contributed by atoms with Crippen molar-refractivity contribution in [1.29, 1.82) is 0 Å². The predicted octanol–water partition coefficient (Wildman–Crippen LogP) is 2.25. The molecule has 0 aromatic rings. The number of nitrogens with zero attached hydrogens (tertiary/aromatic N) is 1. The average molecular weight is 242 g/mol. The lowest BCUT2D eigenvalue weighted by atomic mass is 9.83. The predicted molar refractivity (Wildman–Crippen MR) is 73.1 cm³/mol. The van der Waals surface area contributed by atoms with Gasteiger partial charge in [-0.15, -0.1) is 0 Å². The molecule has 1 aliphatic rings. The average Bonchev–Trinajstić information content (AvgIpc) is 2.36. The molecule has 0 spiro atoms. The van der Waals surface area contributed by atoms with E-state index in [2.05, 4.69) is 25.8 Å². The van der Waals surface area contributed by atoms with Crippen molar-refractivity contribution in [2.75, 3.05) is 27.2 Å². The van der Waals surface area contributed by atoms with E-state index in [4.69, 9.17) is 10.5 Å². The molecule has 0 heterocycles. The van der Waals surface area contributed by atoms with Crippen LogP contribution in [0.2, 0.25) is 0 Å². The Hall–Kier alpha value is -0.120. The summed E-state index contributed by atoms with van der Waals surface area (Å²) >= 11 is 0. The van der Waals surface area contributed by atoms with Crippen LogP contribution in [0.25, 0.3) is 0 Å². The molecule has 0 saturated heterocycles. The molecule has 3 heteroatoms. The molecule has 3 nitrogen and oxygen atoms in total. The van der Waals surface area contributed by atoms with Gasteiger partial charge in [0.25, 0.3) is 0 Å². The van der Waals surface area contributed by atoms with E-state index in [0.717, 1.165) is 19.5 Å². The lowest BCUT2D eigenvalue weighted by molar-refractivity contribution is 0.00221. The number of nitrogens with two attached hydrogens (primary N) is 1. The van der Waals surface area contributed by atoms with Gasteiger partial charge in [-0.3, -0.25) is 0 Å². The summed E-state index contributed by atoms with van der Waals surface area (Å²) in [5.74, 6) is 0.694. The number of ether oxygens (including phenoxy) is 1. The van der Waals surface area contributed by atoms with Crippen LogP contribution < -0.4 is 5.73 Å². The van der Waals surface area contributed by atoms with Gasteiger partial charge in [0.1, 0.15) is 0 Å². The second kappa shape index (κ2) is 6.72. The SMILES string of the molecule is COC(C)(C)CCN(C)C1CCCCC1CN. The van der Waals surface area contributed by atoms with Crippen LogP contribution in [0.3, 0.4) is 0 Å². The van der Waals surface area contributed by atoms with Crippen LogP contribution >= 0.6 is 0 Å². The number of hydrogen-bond donors (Lipinski definition) is 1. The summed E-state index contributed by atoms with van der Waals surface area (Å²) in [4.78, 5) is 2.50. The summed E-state index contributed by atoms with van der Waals surface area (Å²) in [6, 6.07) is 0.682. The van der Waals surface area contributed by atoms with Crippen molar-refractivity contribution in [2.45, 2.75) is 57.6 Å². The summed E-state index contributed by atoms with van der Waals surface area (Å²) in [5, 5.41) is 0. The third kappa shape index (κ3) is 4.57. The van der Waals surface area contributed by atoms with Crippen molar-refractivity contribution < 1.29 is 4.74 Å². The lowest BCUT2D eigenvalue weighted by Gasteiger charge is -2.38. The van der Waals surface area contributed by atoms with E-state index in [0.29, 0.717) is 12.0 Å². The van der Waals surface area contributed by atoms with Crippen LogP contribution in [-0.2, 0) is 4.74 Å². The van der Waals surface area contributed by atoms with Gasteiger partial charge in [-0.1, -0.05) is 12.8 Å². The molecule has 0 aliphatic heterocycles. The van der Waals surface area contributed by atoms with Crippen molar-refractivity contribution in [2.24, 2.45) is 11.7 Å². The normalized spacial score (nSPS) is 26.5. The number of methoxy groups -OCH3 is 1.